The van der Waals surface area contributed by atoms with Crippen LogP contribution in [0.5, 0.6) is 0 Å². The lowest BCUT2D eigenvalue weighted by molar-refractivity contribution is -0.133. The number of hydrogen-bond acceptors (Lipinski definition) is 5. The molecule has 23 heavy (non-hydrogen) atoms. The van der Waals surface area contributed by atoms with E-state index in [4.69, 9.17) is 0 Å². The summed E-state index contributed by atoms with van der Waals surface area (Å²) < 4.78 is 23.7. The molecule has 2 aliphatic heterocycles. The largest absolute Gasteiger partial charge is 0.341 e. The van der Waals surface area contributed by atoms with Gasteiger partial charge >= 0.3 is 0 Å². The van der Waals surface area contributed by atoms with Crippen LogP contribution in [0.3, 0.4) is 0 Å². The highest BCUT2D eigenvalue weighted by Gasteiger charge is 2.30. The number of amides is 1. The topological polar surface area (TPSA) is 86.4 Å². The Balaban J connectivity index is 1.68. The van der Waals surface area contributed by atoms with E-state index in [2.05, 4.69) is 15.1 Å². The van der Waals surface area contributed by atoms with E-state index in [9.17, 15) is 13.2 Å². The Morgan fingerprint density at radius 3 is 2.74 bits per heavy atom. The summed E-state index contributed by atoms with van der Waals surface area (Å²) in [5, 5.41) is 6.74. The van der Waals surface area contributed by atoms with Crippen molar-refractivity contribution in [2.75, 3.05) is 39.0 Å². The lowest BCUT2D eigenvalue weighted by atomic mass is 9.95. The number of nitrogens with one attached hydrogen (secondary N) is 1. The second-order valence-corrected chi connectivity index (χ2v) is 8.57. The summed E-state index contributed by atoms with van der Waals surface area (Å²) in [5.74, 6) is 0.163. The Bertz CT molecular complexity index is 664. The summed E-state index contributed by atoms with van der Waals surface area (Å²) >= 11 is 0. The molecule has 1 unspecified atom stereocenters. The summed E-state index contributed by atoms with van der Waals surface area (Å²) in [6.45, 7) is 3.81. The minimum Gasteiger partial charge on any atom is -0.341 e. The van der Waals surface area contributed by atoms with Crippen molar-refractivity contribution in [1.29, 1.82) is 0 Å². The van der Waals surface area contributed by atoms with Gasteiger partial charge in [0.05, 0.1) is 18.4 Å². The third-order valence-electron chi connectivity index (χ3n) is 4.77. The Hall–Kier alpha value is -1.41. The smallest absolute Gasteiger partial charge is 0.236 e. The summed E-state index contributed by atoms with van der Waals surface area (Å²) in [7, 11) is -3.30. The molecule has 1 aromatic rings. The van der Waals surface area contributed by atoms with Gasteiger partial charge in [-0.05, 0) is 38.8 Å². The highest BCUT2D eigenvalue weighted by molar-refractivity contribution is 7.90. The molecule has 1 atom stereocenters. The predicted molar refractivity (Wildman–Crippen MR) is 85.9 cm³/mol. The number of hydrogen-bond donors (Lipinski definition) is 1. The SMILES string of the molecule is CS(=O)(=O)c1cn[nH]c1C1CCCN(C(=O)CN2CCCC2)C1. The average molecular weight is 340 g/mol. The van der Waals surface area contributed by atoms with E-state index in [1.165, 1.54) is 25.3 Å². The second kappa shape index (κ2) is 6.60. The van der Waals surface area contributed by atoms with Gasteiger partial charge in [-0.1, -0.05) is 0 Å². The number of likely N-dealkylation sites (tertiary alicyclic amines) is 2. The fourth-order valence-corrected chi connectivity index (χ4v) is 4.40. The molecule has 0 radical (unpaired) electrons. The van der Waals surface area contributed by atoms with Crippen LogP contribution < -0.4 is 0 Å². The maximum Gasteiger partial charge on any atom is 0.236 e. The Morgan fingerprint density at radius 2 is 2.04 bits per heavy atom. The van der Waals surface area contributed by atoms with Crippen LogP contribution in [0.15, 0.2) is 11.1 Å². The van der Waals surface area contributed by atoms with Gasteiger partial charge in [0.2, 0.25) is 5.91 Å². The van der Waals surface area contributed by atoms with Crippen LogP contribution in [0.2, 0.25) is 0 Å². The van der Waals surface area contributed by atoms with E-state index >= 15 is 0 Å². The summed E-state index contributed by atoms with van der Waals surface area (Å²) in [6.07, 6.45) is 6.66. The Kier molecular flexibility index (Phi) is 4.72. The molecule has 0 saturated carbocycles. The number of carbonyl (C=O) groups excluding carboxylic acids is 1. The van der Waals surface area contributed by atoms with Gasteiger partial charge in [0, 0.05) is 25.3 Å². The number of carbonyl (C=O) groups is 1. The summed E-state index contributed by atoms with van der Waals surface area (Å²) in [4.78, 5) is 16.8. The molecule has 3 heterocycles. The zero-order valence-electron chi connectivity index (χ0n) is 13.5. The van der Waals surface area contributed by atoms with Crippen molar-refractivity contribution in [1.82, 2.24) is 20.0 Å². The van der Waals surface area contributed by atoms with Crippen LogP contribution in [-0.2, 0) is 14.6 Å². The molecule has 3 rings (SSSR count). The number of aromatic amines is 1. The van der Waals surface area contributed by atoms with E-state index in [0.717, 1.165) is 32.5 Å². The first-order valence-electron chi connectivity index (χ1n) is 8.18. The molecule has 0 aliphatic carbocycles. The predicted octanol–water partition coefficient (Wildman–Crippen LogP) is 0.615. The van der Waals surface area contributed by atoms with Gasteiger partial charge in [-0.2, -0.15) is 5.10 Å². The van der Waals surface area contributed by atoms with Crippen molar-refractivity contribution in [3.8, 4) is 0 Å². The first-order valence-corrected chi connectivity index (χ1v) is 10.1. The molecular formula is C15H24N4O3S. The molecule has 0 spiro atoms. The zero-order chi connectivity index (χ0) is 16.4. The highest BCUT2D eigenvalue weighted by Crippen LogP contribution is 2.30. The number of H-pyrrole nitrogens is 1. The fourth-order valence-electron chi connectivity index (χ4n) is 3.54. The van der Waals surface area contributed by atoms with Crippen LogP contribution in [0.1, 0.15) is 37.3 Å². The molecule has 7 nitrogen and oxygen atoms in total. The molecule has 2 fully saturated rings. The maximum atomic E-state index is 12.5. The van der Waals surface area contributed by atoms with Crippen LogP contribution in [-0.4, -0.2) is 73.3 Å². The third-order valence-corrected chi connectivity index (χ3v) is 5.90. The minimum atomic E-state index is -3.30. The number of piperidine rings is 1. The zero-order valence-corrected chi connectivity index (χ0v) is 14.3. The number of sulfone groups is 1. The summed E-state index contributed by atoms with van der Waals surface area (Å²) in [5.41, 5.74) is 0.645. The normalized spacial score (nSPS) is 23.3. The Labute approximate surface area is 137 Å². The van der Waals surface area contributed by atoms with Crippen LogP contribution in [0, 0.1) is 0 Å². The molecule has 2 saturated heterocycles. The first kappa shape index (κ1) is 16.4. The van der Waals surface area contributed by atoms with Crippen molar-refractivity contribution in [2.45, 2.75) is 36.5 Å². The number of rotatable bonds is 4. The fraction of sp³-hybridized carbons (Fsp3) is 0.733. The molecule has 2 aliphatic rings. The number of aromatic nitrogens is 2. The van der Waals surface area contributed by atoms with E-state index in [-0.39, 0.29) is 16.7 Å². The van der Waals surface area contributed by atoms with Gasteiger partial charge in [-0.3, -0.25) is 14.8 Å². The van der Waals surface area contributed by atoms with Gasteiger partial charge in [0.25, 0.3) is 0 Å². The molecular weight excluding hydrogens is 316 g/mol. The van der Waals surface area contributed by atoms with Gasteiger partial charge in [0.1, 0.15) is 4.90 Å². The first-order chi connectivity index (χ1) is 10.9. The van der Waals surface area contributed by atoms with E-state index < -0.39 is 9.84 Å². The lowest BCUT2D eigenvalue weighted by Crippen LogP contribution is -2.44. The van der Waals surface area contributed by atoms with Crippen molar-refractivity contribution in [3.05, 3.63) is 11.9 Å². The van der Waals surface area contributed by atoms with Crippen LogP contribution in [0.4, 0.5) is 0 Å². The van der Waals surface area contributed by atoms with Gasteiger partial charge in [-0.15, -0.1) is 0 Å². The van der Waals surface area contributed by atoms with Crippen molar-refractivity contribution >= 4 is 15.7 Å². The third kappa shape index (κ3) is 3.74. The van der Waals surface area contributed by atoms with Gasteiger partial charge in [-0.25, -0.2) is 8.42 Å². The molecule has 8 heteroatoms. The van der Waals surface area contributed by atoms with E-state index in [1.54, 1.807) is 0 Å². The number of nitrogens with zero attached hydrogens (tertiary/aromatic N) is 3. The Morgan fingerprint density at radius 1 is 1.30 bits per heavy atom. The molecule has 128 valence electrons. The van der Waals surface area contributed by atoms with Crippen LogP contribution in [0.25, 0.3) is 0 Å². The lowest BCUT2D eigenvalue weighted by Gasteiger charge is -2.33. The van der Waals surface area contributed by atoms with Crippen molar-refractivity contribution in [2.24, 2.45) is 0 Å². The molecule has 0 bridgehead atoms. The van der Waals surface area contributed by atoms with Crippen molar-refractivity contribution in [3.63, 3.8) is 0 Å². The summed E-state index contributed by atoms with van der Waals surface area (Å²) in [6, 6.07) is 0. The van der Waals surface area contributed by atoms with Gasteiger partial charge < -0.3 is 4.90 Å². The van der Waals surface area contributed by atoms with Crippen LogP contribution >= 0.6 is 0 Å². The maximum absolute atomic E-state index is 12.5. The van der Waals surface area contributed by atoms with Crippen molar-refractivity contribution < 1.29 is 13.2 Å². The minimum absolute atomic E-state index is 0.0125. The quantitative estimate of drug-likeness (QED) is 0.868. The molecule has 1 amide bonds. The highest BCUT2D eigenvalue weighted by atomic mass is 32.2. The van der Waals surface area contributed by atoms with E-state index in [0.29, 0.717) is 18.8 Å². The standard InChI is InChI=1S/C15H24N4O3S/c1-23(21,22)13-9-16-17-15(13)12-5-4-8-19(10-12)14(20)11-18-6-2-3-7-18/h9,12H,2-8,10-11H2,1H3,(H,16,17). The van der Waals surface area contributed by atoms with Gasteiger partial charge in [0.15, 0.2) is 9.84 Å². The molecule has 0 aromatic carbocycles. The molecule has 1 N–H and O–H groups in total. The monoisotopic (exact) mass is 340 g/mol. The second-order valence-electron chi connectivity index (χ2n) is 6.58. The molecule has 1 aromatic heterocycles. The van der Waals surface area contributed by atoms with E-state index in [1.807, 2.05) is 4.90 Å². The average Bonchev–Trinajstić information content (AvgIpc) is 3.18.